The van der Waals surface area contributed by atoms with Gasteiger partial charge in [-0.05, 0) is 91.1 Å². The Bertz CT molecular complexity index is 2550. The van der Waals surface area contributed by atoms with Gasteiger partial charge in [-0.3, -0.25) is 34.3 Å². The number of nitrogens with one attached hydrogen (secondary N) is 1. The van der Waals surface area contributed by atoms with Crippen LogP contribution in [0.25, 0.3) is 0 Å². The molecule has 0 unspecified atom stereocenters. The van der Waals surface area contributed by atoms with Crippen molar-refractivity contribution in [1.82, 2.24) is 5.01 Å². The van der Waals surface area contributed by atoms with E-state index in [2.05, 4.69) is 5.43 Å². The van der Waals surface area contributed by atoms with Gasteiger partial charge in [0.1, 0.15) is 5.82 Å². The number of carbonyl (C=O) groups is 5. The molecule has 290 valence electrons. The molecule has 2 aliphatic heterocycles. The number of hydrogen-bond acceptors (Lipinski definition) is 8. The maximum absolute atomic E-state index is 15.3. The van der Waals surface area contributed by atoms with Gasteiger partial charge in [0.05, 0.1) is 41.7 Å². The number of allylic oxidation sites excluding steroid dienone is 2. The van der Waals surface area contributed by atoms with Crippen LogP contribution in [-0.2, 0) is 24.6 Å². The minimum atomic E-state index is -1.68. The summed E-state index contributed by atoms with van der Waals surface area (Å²) in [5, 5.41) is 13.2. The lowest BCUT2D eigenvalue weighted by molar-refractivity contribution is -0.138. The van der Waals surface area contributed by atoms with E-state index in [9.17, 15) is 28.7 Å². The third-order valence-electron chi connectivity index (χ3n) is 12.2. The zero-order valence-electron chi connectivity index (χ0n) is 31.0. The summed E-state index contributed by atoms with van der Waals surface area (Å²) < 4.78 is 19.5. The number of fused-ring (bicyclic) bond motifs is 4. The number of rotatable bonds is 8. The molecule has 4 amide bonds. The smallest absolute Gasteiger partial charge is 0.260 e. The van der Waals surface area contributed by atoms with Crippen LogP contribution in [0.5, 0.6) is 11.5 Å². The van der Waals surface area contributed by atoms with E-state index >= 15 is 4.79 Å². The highest BCUT2D eigenvalue weighted by molar-refractivity contribution is 6.30. The molecule has 2 heterocycles. The first-order valence-corrected chi connectivity index (χ1v) is 19.2. The summed E-state index contributed by atoms with van der Waals surface area (Å²) in [7, 11) is 1.41. The van der Waals surface area contributed by atoms with Crippen LogP contribution in [0.1, 0.15) is 45.8 Å². The molecule has 2 aliphatic carbocycles. The molecule has 12 heteroatoms. The minimum Gasteiger partial charge on any atom is -0.504 e. The average Bonchev–Trinajstić information content (AvgIpc) is 3.62. The number of methoxy groups -OCH3 is 1. The van der Waals surface area contributed by atoms with Crippen LogP contribution in [0.2, 0.25) is 5.02 Å². The first kappa shape index (κ1) is 37.0. The van der Waals surface area contributed by atoms with Crippen LogP contribution in [0, 0.1) is 29.5 Å². The predicted octanol–water partition coefficient (Wildman–Crippen LogP) is 7.61. The van der Waals surface area contributed by atoms with Gasteiger partial charge in [-0.25, -0.2) is 4.39 Å². The first-order chi connectivity index (χ1) is 28.0. The molecule has 58 heavy (non-hydrogen) atoms. The van der Waals surface area contributed by atoms with Crippen LogP contribution >= 0.6 is 11.6 Å². The number of phenolic OH excluding ortho intramolecular Hbond substituents is 1. The number of ether oxygens (including phenoxy) is 1. The zero-order valence-corrected chi connectivity index (χ0v) is 31.7. The van der Waals surface area contributed by atoms with E-state index in [1.807, 2.05) is 12.1 Å². The van der Waals surface area contributed by atoms with Crippen molar-refractivity contribution < 1.29 is 38.2 Å². The van der Waals surface area contributed by atoms with E-state index in [1.54, 1.807) is 91.0 Å². The Morgan fingerprint density at radius 3 is 2.19 bits per heavy atom. The highest BCUT2D eigenvalue weighted by atomic mass is 35.5. The van der Waals surface area contributed by atoms with Crippen molar-refractivity contribution in [3.63, 3.8) is 0 Å². The molecule has 2 N–H and O–H groups in total. The third kappa shape index (κ3) is 5.55. The van der Waals surface area contributed by atoms with Crippen LogP contribution in [0.4, 0.5) is 15.8 Å². The number of benzene rings is 5. The highest BCUT2D eigenvalue weighted by Gasteiger charge is 2.70. The zero-order chi connectivity index (χ0) is 40.5. The van der Waals surface area contributed by atoms with Gasteiger partial charge in [0, 0.05) is 27.6 Å². The van der Waals surface area contributed by atoms with Crippen molar-refractivity contribution in [2.75, 3.05) is 17.4 Å². The fourth-order valence-corrected chi connectivity index (χ4v) is 9.84. The number of nitrogens with zero attached hydrogens (tertiary/aromatic N) is 2. The molecule has 3 fully saturated rings. The second-order valence-electron chi connectivity index (χ2n) is 15.0. The standard InChI is InChI=1S/C46H35ClFN3O7/c1-58-37-9-5-8-34(41(37)53)39-32-22-23-33-38(44(56)50(42(33)54)31-20-10-26(11-21-31)40(52)25-6-3-2-4-7-25)35(32)24-36-43(55)51(49-30-18-16-29(48)17-19-30)45(57)46(36,39)27-12-14-28(47)15-13-27/h2-22,33,35-36,38-39,49,53H,23-24H2,1H3/t33-,35+,36-,38-,39+,46+/m0/s1. The van der Waals surface area contributed by atoms with Crippen molar-refractivity contribution in [3.8, 4) is 11.5 Å². The Kier molecular flexibility index (Phi) is 9.00. The Balaban J connectivity index is 1.17. The lowest BCUT2D eigenvalue weighted by Gasteiger charge is -2.50. The highest BCUT2D eigenvalue weighted by Crippen LogP contribution is 2.65. The van der Waals surface area contributed by atoms with E-state index in [-0.39, 0.29) is 35.8 Å². The molecule has 5 aromatic rings. The summed E-state index contributed by atoms with van der Waals surface area (Å²) in [6.07, 6.45) is 2.05. The SMILES string of the molecule is COc1cccc([C@H]2C3=CC[C@@H]4C(=O)N(c5ccc(C(=O)c6ccccc6)cc5)C(=O)[C@@H]4[C@@H]3C[C@H]3C(=O)N(Nc4ccc(F)cc4)C(=O)[C@@]23c2ccc(Cl)cc2)c1O. The summed E-state index contributed by atoms with van der Waals surface area (Å²) in [5.41, 5.74) is 4.11. The summed E-state index contributed by atoms with van der Waals surface area (Å²) in [6.45, 7) is 0. The summed E-state index contributed by atoms with van der Waals surface area (Å²) in [6, 6.07) is 31.9. The van der Waals surface area contributed by atoms with E-state index in [4.69, 9.17) is 16.3 Å². The monoisotopic (exact) mass is 795 g/mol. The molecular formula is C46H35ClFN3O7. The lowest BCUT2D eigenvalue weighted by atomic mass is 9.49. The quantitative estimate of drug-likeness (QED) is 0.0932. The molecule has 1 saturated carbocycles. The topological polar surface area (TPSA) is 133 Å². The van der Waals surface area contributed by atoms with Crippen molar-refractivity contribution in [2.24, 2.45) is 23.7 Å². The number of amides is 4. The first-order valence-electron chi connectivity index (χ1n) is 18.8. The van der Waals surface area contributed by atoms with E-state index in [0.717, 1.165) is 9.91 Å². The number of para-hydroxylation sites is 1. The van der Waals surface area contributed by atoms with Gasteiger partial charge in [0.15, 0.2) is 17.3 Å². The molecule has 0 aromatic heterocycles. The molecule has 0 spiro atoms. The second kappa shape index (κ2) is 14.1. The number of imide groups is 2. The molecule has 0 bridgehead atoms. The van der Waals surface area contributed by atoms with Crippen molar-refractivity contribution in [1.29, 1.82) is 0 Å². The minimum absolute atomic E-state index is 0.0143. The van der Waals surface area contributed by atoms with Crippen LogP contribution in [0.3, 0.4) is 0 Å². The number of hydrogen-bond donors (Lipinski definition) is 2. The number of anilines is 2. The molecule has 9 rings (SSSR count). The number of carbonyl (C=O) groups excluding carboxylic acids is 5. The Morgan fingerprint density at radius 1 is 0.810 bits per heavy atom. The Labute approximate surface area is 337 Å². The van der Waals surface area contributed by atoms with E-state index in [1.165, 1.54) is 31.4 Å². The van der Waals surface area contributed by atoms with Gasteiger partial charge in [-0.2, -0.15) is 5.01 Å². The Morgan fingerprint density at radius 2 is 1.50 bits per heavy atom. The molecule has 4 aliphatic rings. The number of halogens is 2. The average molecular weight is 796 g/mol. The summed E-state index contributed by atoms with van der Waals surface area (Å²) in [4.78, 5) is 73.5. The van der Waals surface area contributed by atoms with E-state index in [0.29, 0.717) is 38.5 Å². The lowest BCUT2D eigenvalue weighted by Crippen LogP contribution is -2.53. The van der Waals surface area contributed by atoms with Gasteiger partial charge in [-0.15, -0.1) is 0 Å². The molecule has 10 nitrogen and oxygen atoms in total. The maximum atomic E-state index is 15.3. The van der Waals surface area contributed by atoms with Gasteiger partial charge in [0.2, 0.25) is 11.8 Å². The van der Waals surface area contributed by atoms with Gasteiger partial charge in [0.25, 0.3) is 11.8 Å². The number of phenols is 1. The number of hydrazine groups is 1. The van der Waals surface area contributed by atoms with Crippen LogP contribution in [-0.4, -0.2) is 46.6 Å². The van der Waals surface area contributed by atoms with Crippen molar-refractivity contribution in [3.05, 3.63) is 166 Å². The van der Waals surface area contributed by atoms with Crippen molar-refractivity contribution in [2.45, 2.75) is 24.2 Å². The summed E-state index contributed by atoms with van der Waals surface area (Å²) in [5.74, 6) is -7.39. The molecule has 0 radical (unpaired) electrons. The Hall–Kier alpha value is -6.59. The van der Waals surface area contributed by atoms with Crippen molar-refractivity contribution >= 4 is 52.4 Å². The molecular weight excluding hydrogens is 761 g/mol. The van der Waals surface area contributed by atoms with Crippen LogP contribution in [0.15, 0.2) is 133 Å². The normalized spacial score (nSPS) is 24.9. The fraction of sp³-hybridized carbons (Fsp3) is 0.196. The van der Waals surface area contributed by atoms with Gasteiger partial charge < -0.3 is 9.84 Å². The molecule has 2 saturated heterocycles. The molecule has 5 aromatic carbocycles. The number of aromatic hydroxyl groups is 1. The molecule has 6 atom stereocenters. The second-order valence-corrected chi connectivity index (χ2v) is 15.5. The fourth-order valence-electron chi connectivity index (χ4n) is 9.71. The van der Waals surface area contributed by atoms with Crippen LogP contribution < -0.4 is 15.1 Å². The predicted molar refractivity (Wildman–Crippen MR) is 212 cm³/mol. The third-order valence-corrected chi connectivity index (χ3v) is 12.5. The van der Waals surface area contributed by atoms with Gasteiger partial charge >= 0.3 is 0 Å². The largest absolute Gasteiger partial charge is 0.504 e. The van der Waals surface area contributed by atoms with Gasteiger partial charge in [-0.1, -0.05) is 77.8 Å². The maximum Gasteiger partial charge on any atom is 0.260 e. The number of ketones is 1. The van der Waals surface area contributed by atoms with E-state index < -0.39 is 64.5 Å². The summed E-state index contributed by atoms with van der Waals surface area (Å²) >= 11 is 6.38.